The van der Waals surface area contributed by atoms with E-state index in [1.54, 1.807) is 30.3 Å². The van der Waals surface area contributed by atoms with Crippen LogP contribution < -0.4 is 10.6 Å². The van der Waals surface area contributed by atoms with Crippen molar-refractivity contribution in [1.29, 1.82) is 0 Å². The quantitative estimate of drug-likeness (QED) is 0.730. The number of rotatable bonds is 5. The first kappa shape index (κ1) is 15.8. The lowest BCUT2D eigenvalue weighted by atomic mass is 10.3. The monoisotopic (exact) mass is 342 g/mol. The molecule has 3 rings (SSSR count). The lowest BCUT2D eigenvalue weighted by molar-refractivity contribution is -0.115. The molecule has 2 aromatic heterocycles. The third-order valence-corrected chi connectivity index (χ3v) is 4.14. The van der Waals surface area contributed by atoms with Crippen LogP contribution in [0.3, 0.4) is 0 Å². The van der Waals surface area contributed by atoms with Crippen molar-refractivity contribution in [2.24, 2.45) is 0 Å². The maximum atomic E-state index is 11.9. The molecule has 0 spiro atoms. The fraction of sp³-hybridized carbons (Fsp3) is 0.133. The van der Waals surface area contributed by atoms with Crippen molar-refractivity contribution in [3.05, 3.63) is 52.5 Å². The summed E-state index contributed by atoms with van der Waals surface area (Å²) in [5.41, 5.74) is 1.40. The Bertz CT molecular complexity index is 841. The molecular weight excluding hydrogens is 328 g/mol. The summed E-state index contributed by atoms with van der Waals surface area (Å²) in [6, 6.07) is 10.6. The average Bonchev–Trinajstić information content (AvgIpc) is 3.25. The predicted octanol–water partition coefficient (Wildman–Crippen LogP) is 1.40. The van der Waals surface area contributed by atoms with Gasteiger partial charge >= 0.3 is 0 Å². The van der Waals surface area contributed by atoms with E-state index in [9.17, 15) is 9.59 Å². The van der Waals surface area contributed by atoms with Crippen molar-refractivity contribution in [2.45, 2.75) is 6.92 Å². The second kappa shape index (κ2) is 7.01. The first-order valence-electron chi connectivity index (χ1n) is 7.10. The SMILES string of the molecule is Cc1ccc(C(=O)NCC(=O)Nc2ccc(-n3cnnn3)cc2)s1. The summed E-state index contributed by atoms with van der Waals surface area (Å²) in [6.45, 7) is 1.83. The van der Waals surface area contributed by atoms with Gasteiger partial charge in [-0.1, -0.05) is 0 Å². The minimum absolute atomic E-state index is 0.0927. The lowest BCUT2D eigenvalue weighted by Gasteiger charge is -2.07. The number of tetrazole rings is 1. The number of nitrogens with one attached hydrogen (secondary N) is 2. The zero-order valence-corrected chi connectivity index (χ0v) is 13.6. The Morgan fingerprint density at radius 3 is 2.58 bits per heavy atom. The van der Waals surface area contributed by atoms with Gasteiger partial charge < -0.3 is 10.6 Å². The van der Waals surface area contributed by atoms with Gasteiger partial charge in [0.1, 0.15) is 6.33 Å². The number of benzene rings is 1. The van der Waals surface area contributed by atoms with E-state index in [1.165, 1.54) is 22.3 Å². The largest absolute Gasteiger partial charge is 0.342 e. The predicted molar refractivity (Wildman–Crippen MR) is 89.2 cm³/mol. The maximum Gasteiger partial charge on any atom is 0.261 e. The molecule has 0 saturated heterocycles. The van der Waals surface area contributed by atoms with Gasteiger partial charge in [0.15, 0.2) is 0 Å². The molecule has 0 saturated carbocycles. The van der Waals surface area contributed by atoms with Crippen LogP contribution in [-0.2, 0) is 4.79 Å². The van der Waals surface area contributed by atoms with Gasteiger partial charge in [0.25, 0.3) is 5.91 Å². The van der Waals surface area contributed by atoms with E-state index in [0.717, 1.165) is 10.6 Å². The Labute approximate surface area is 141 Å². The minimum Gasteiger partial charge on any atom is -0.342 e. The van der Waals surface area contributed by atoms with Crippen molar-refractivity contribution < 1.29 is 9.59 Å². The highest BCUT2D eigenvalue weighted by Crippen LogP contribution is 2.14. The molecule has 8 nitrogen and oxygen atoms in total. The second-order valence-electron chi connectivity index (χ2n) is 4.94. The van der Waals surface area contributed by atoms with Crippen LogP contribution in [0.5, 0.6) is 0 Å². The first-order valence-corrected chi connectivity index (χ1v) is 7.91. The molecule has 0 atom stereocenters. The number of nitrogens with zero attached hydrogens (tertiary/aromatic N) is 4. The molecule has 1 aromatic carbocycles. The van der Waals surface area contributed by atoms with E-state index in [2.05, 4.69) is 26.2 Å². The van der Waals surface area contributed by atoms with Crippen molar-refractivity contribution in [2.75, 3.05) is 11.9 Å². The minimum atomic E-state index is -0.299. The highest BCUT2D eigenvalue weighted by molar-refractivity contribution is 7.13. The van der Waals surface area contributed by atoms with Crippen molar-refractivity contribution in [3.63, 3.8) is 0 Å². The van der Waals surface area contributed by atoms with Crippen LogP contribution >= 0.6 is 11.3 Å². The molecule has 122 valence electrons. The Morgan fingerprint density at radius 1 is 1.17 bits per heavy atom. The molecule has 0 aliphatic carbocycles. The summed E-state index contributed by atoms with van der Waals surface area (Å²) in [4.78, 5) is 25.4. The maximum absolute atomic E-state index is 11.9. The summed E-state index contributed by atoms with van der Waals surface area (Å²) >= 11 is 1.39. The van der Waals surface area contributed by atoms with Crippen molar-refractivity contribution >= 4 is 28.8 Å². The molecule has 0 bridgehead atoms. The molecule has 2 N–H and O–H groups in total. The molecule has 0 aliphatic heterocycles. The molecule has 3 aromatic rings. The van der Waals surface area contributed by atoms with Crippen LogP contribution in [0.15, 0.2) is 42.7 Å². The molecule has 0 fully saturated rings. The van der Waals surface area contributed by atoms with Crippen LogP contribution in [0.2, 0.25) is 0 Å². The number of hydrogen-bond donors (Lipinski definition) is 2. The Morgan fingerprint density at radius 2 is 1.96 bits per heavy atom. The van der Waals surface area contributed by atoms with Crippen LogP contribution in [0, 0.1) is 6.92 Å². The van der Waals surface area contributed by atoms with Gasteiger partial charge in [0, 0.05) is 10.6 Å². The average molecular weight is 342 g/mol. The summed E-state index contributed by atoms with van der Waals surface area (Å²) in [7, 11) is 0. The zero-order valence-electron chi connectivity index (χ0n) is 12.8. The smallest absolute Gasteiger partial charge is 0.261 e. The van der Waals surface area contributed by atoms with Gasteiger partial charge in [0.05, 0.1) is 17.1 Å². The molecule has 0 aliphatic rings. The summed E-state index contributed by atoms with van der Waals surface area (Å²) in [6.07, 6.45) is 1.48. The standard InChI is InChI=1S/C15H14N6O2S/c1-10-2-7-13(24-10)15(23)16-8-14(22)18-11-3-5-12(6-4-11)21-9-17-19-20-21/h2-7,9H,8H2,1H3,(H,16,23)(H,18,22). The van der Waals surface area contributed by atoms with E-state index in [1.807, 2.05) is 13.0 Å². The normalized spacial score (nSPS) is 10.4. The van der Waals surface area contributed by atoms with Crippen LogP contribution in [0.1, 0.15) is 14.5 Å². The third-order valence-electron chi connectivity index (χ3n) is 3.14. The zero-order chi connectivity index (χ0) is 16.9. The molecule has 9 heteroatoms. The highest BCUT2D eigenvalue weighted by atomic mass is 32.1. The van der Waals surface area contributed by atoms with Crippen molar-refractivity contribution in [3.8, 4) is 5.69 Å². The number of thiophene rings is 1. The number of aryl methyl sites for hydroxylation is 1. The molecule has 0 radical (unpaired) electrons. The summed E-state index contributed by atoms with van der Waals surface area (Å²) in [5.74, 6) is -0.552. The van der Waals surface area contributed by atoms with Gasteiger partial charge in [-0.05, 0) is 53.7 Å². The molecule has 0 unspecified atom stereocenters. The Balaban J connectivity index is 1.52. The molecule has 2 amide bonds. The van der Waals surface area contributed by atoms with Gasteiger partial charge in [-0.3, -0.25) is 9.59 Å². The fourth-order valence-corrected chi connectivity index (χ4v) is 2.77. The number of carbonyl (C=O) groups excluding carboxylic acids is 2. The van der Waals surface area contributed by atoms with Crippen LogP contribution in [0.4, 0.5) is 5.69 Å². The molecule has 24 heavy (non-hydrogen) atoms. The van der Waals surface area contributed by atoms with E-state index in [0.29, 0.717) is 10.6 Å². The van der Waals surface area contributed by atoms with Crippen LogP contribution in [0.25, 0.3) is 5.69 Å². The van der Waals surface area contributed by atoms with E-state index in [4.69, 9.17) is 0 Å². The summed E-state index contributed by atoms with van der Waals surface area (Å²) < 4.78 is 1.51. The van der Waals surface area contributed by atoms with E-state index >= 15 is 0 Å². The number of hydrogen-bond acceptors (Lipinski definition) is 6. The Kier molecular flexibility index (Phi) is 4.62. The number of amides is 2. The first-order chi connectivity index (χ1) is 11.6. The summed E-state index contributed by atoms with van der Waals surface area (Å²) in [5, 5.41) is 16.2. The van der Waals surface area contributed by atoms with Gasteiger partial charge in [-0.25, -0.2) is 4.68 Å². The molecule has 2 heterocycles. The van der Waals surface area contributed by atoms with Gasteiger partial charge in [0.2, 0.25) is 5.91 Å². The lowest BCUT2D eigenvalue weighted by Crippen LogP contribution is -2.32. The number of carbonyl (C=O) groups is 2. The molecular formula is C15H14N6O2S. The second-order valence-corrected chi connectivity index (χ2v) is 6.23. The number of anilines is 1. The van der Waals surface area contributed by atoms with E-state index in [-0.39, 0.29) is 18.4 Å². The van der Waals surface area contributed by atoms with Crippen molar-refractivity contribution in [1.82, 2.24) is 25.5 Å². The Hall–Kier alpha value is -3.07. The van der Waals surface area contributed by atoms with Crippen LogP contribution in [-0.4, -0.2) is 38.6 Å². The highest BCUT2D eigenvalue weighted by Gasteiger charge is 2.10. The topological polar surface area (TPSA) is 102 Å². The van der Waals surface area contributed by atoms with Gasteiger partial charge in [-0.15, -0.1) is 16.4 Å². The van der Waals surface area contributed by atoms with E-state index < -0.39 is 0 Å². The third kappa shape index (κ3) is 3.82. The van der Waals surface area contributed by atoms with Gasteiger partial charge in [-0.2, -0.15) is 0 Å². The number of aromatic nitrogens is 4. The fourth-order valence-electron chi connectivity index (χ4n) is 1.99.